The van der Waals surface area contributed by atoms with Gasteiger partial charge < -0.3 is 14.0 Å². The van der Waals surface area contributed by atoms with Gasteiger partial charge in [0.05, 0.1) is 18.8 Å². The van der Waals surface area contributed by atoms with Crippen molar-refractivity contribution < 1.29 is 14.3 Å². The lowest BCUT2D eigenvalue weighted by Gasteiger charge is -2.17. The van der Waals surface area contributed by atoms with Crippen LogP contribution in [0.25, 0.3) is 0 Å². The van der Waals surface area contributed by atoms with Crippen molar-refractivity contribution in [2.24, 2.45) is 10.9 Å². The maximum Gasteiger partial charge on any atom is 0.283 e. The number of rotatable bonds is 7. The van der Waals surface area contributed by atoms with Crippen molar-refractivity contribution in [2.45, 2.75) is 66.3 Å². The Balaban J connectivity index is 2.04. The molecule has 0 spiro atoms. The van der Waals surface area contributed by atoms with E-state index in [9.17, 15) is 4.79 Å². The molecule has 1 aliphatic rings. The molecule has 0 saturated heterocycles. The van der Waals surface area contributed by atoms with Crippen molar-refractivity contribution in [3.05, 3.63) is 39.1 Å². The zero-order valence-electron chi connectivity index (χ0n) is 18.4. The molecule has 1 amide bonds. The number of thiazole rings is 1. The van der Waals surface area contributed by atoms with Crippen LogP contribution in [-0.2, 0) is 12.0 Å². The van der Waals surface area contributed by atoms with Crippen LogP contribution in [0.2, 0.25) is 0 Å². The minimum absolute atomic E-state index is 0.0203. The van der Waals surface area contributed by atoms with E-state index in [1.54, 1.807) is 29.5 Å². The summed E-state index contributed by atoms with van der Waals surface area (Å²) in [4.78, 5) is 19.7. The molecule has 2 aromatic rings. The van der Waals surface area contributed by atoms with E-state index in [0.717, 1.165) is 11.3 Å². The number of benzene rings is 1. The average Bonchev–Trinajstić information content (AvgIpc) is 3.41. The lowest BCUT2D eigenvalue weighted by Crippen LogP contribution is -2.20. The highest BCUT2D eigenvalue weighted by molar-refractivity contribution is 7.09. The first-order valence-corrected chi connectivity index (χ1v) is 11.3. The Morgan fingerprint density at radius 2 is 1.90 bits per heavy atom. The number of aromatic nitrogens is 1. The summed E-state index contributed by atoms with van der Waals surface area (Å²) in [5, 5.41) is 0. The van der Waals surface area contributed by atoms with Crippen molar-refractivity contribution in [3.8, 4) is 11.5 Å². The normalized spacial score (nSPS) is 14.9. The zero-order chi connectivity index (χ0) is 21.2. The van der Waals surface area contributed by atoms with Gasteiger partial charge in [-0.25, -0.2) is 0 Å². The Morgan fingerprint density at radius 3 is 2.48 bits per heavy atom. The molecule has 1 aliphatic carbocycles. The summed E-state index contributed by atoms with van der Waals surface area (Å²) in [6.45, 7) is 14.6. The molecule has 1 heterocycles. The predicted octanol–water partition coefficient (Wildman–Crippen LogP) is 5.10. The monoisotopic (exact) mass is 416 g/mol. The van der Waals surface area contributed by atoms with Crippen molar-refractivity contribution in [3.63, 3.8) is 0 Å². The molecule has 1 saturated carbocycles. The van der Waals surface area contributed by atoms with Gasteiger partial charge in [0.1, 0.15) is 11.5 Å². The number of amides is 1. The highest BCUT2D eigenvalue weighted by Gasteiger charge is 2.27. The highest BCUT2D eigenvalue weighted by atomic mass is 32.1. The van der Waals surface area contributed by atoms with E-state index >= 15 is 0 Å². The van der Waals surface area contributed by atoms with Gasteiger partial charge in [0.2, 0.25) is 0 Å². The van der Waals surface area contributed by atoms with E-state index in [1.807, 2.05) is 13.8 Å². The fourth-order valence-electron chi connectivity index (χ4n) is 3.40. The number of nitrogens with zero attached hydrogens (tertiary/aromatic N) is 2. The molecule has 0 aliphatic heterocycles. The fourth-order valence-corrected chi connectivity index (χ4v) is 4.59. The minimum Gasteiger partial charge on any atom is -0.494 e. The summed E-state index contributed by atoms with van der Waals surface area (Å²) in [6, 6.07) is 5.32. The minimum atomic E-state index is -0.275. The number of hydrogen-bond donors (Lipinski definition) is 0. The third-order valence-electron chi connectivity index (χ3n) is 4.97. The van der Waals surface area contributed by atoms with Crippen molar-refractivity contribution in [2.75, 3.05) is 13.2 Å². The number of carbonyl (C=O) groups excluding carboxylic acids is 1. The van der Waals surface area contributed by atoms with E-state index in [-0.39, 0.29) is 11.3 Å². The second-order valence-electron chi connectivity index (χ2n) is 8.54. The Bertz CT molecular complexity index is 946. The maximum atomic E-state index is 13.1. The van der Waals surface area contributed by atoms with Crippen LogP contribution < -0.4 is 14.3 Å². The van der Waals surface area contributed by atoms with Crippen LogP contribution in [0, 0.1) is 12.8 Å². The van der Waals surface area contributed by atoms with Gasteiger partial charge in [-0.05, 0) is 57.1 Å². The van der Waals surface area contributed by atoms with Gasteiger partial charge in [-0.3, -0.25) is 4.79 Å². The van der Waals surface area contributed by atoms with Gasteiger partial charge in [-0.2, -0.15) is 4.99 Å². The summed E-state index contributed by atoms with van der Waals surface area (Å²) in [5.41, 5.74) is 1.71. The first kappa shape index (κ1) is 21.6. The Labute approximate surface area is 177 Å². The third kappa shape index (κ3) is 5.10. The maximum absolute atomic E-state index is 13.1. The van der Waals surface area contributed by atoms with Crippen LogP contribution in [0.1, 0.15) is 68.4 Å². The Kier molecular flexibility index (Phi) is 6.52. The van der Waals surface area contributed by atoms with Gasteiger partial charge in [0, 0.05) is 23.2 Å². The van der Waals surface area contributed by atoms with E-state index in [0.29, 0.717) is 36.2 Å². The largest absolute Gasteiger partial charge is 0.494 e. The lowest BCUT2D eigenvalue weighted by atomic mass is 9.93. The third-order valence-corrected chi connectivity index (χ3v) is 6.57. The fraction of sp³-hybridized carbons (Fsp3) is 0.565. The first-order chi connectivity index (χ1) is 13.7. The molecular formula is C23H32N2O3S. The quantitative estimate of drug-likeness (QED) is 0.631. The SMILES string of the molecule is CCOc1ccc(C(=O)N=c2sc(C(C)(C)C)c(C)n2CC2CC2)c(OCC)c1. The smallest absolute Gasteiger partial charge is 0.283 e. The standard InChI is InChI=1S/C23H32N2O3S/c1-7-27-17-11-12-18(19(13-17)28-8-2)21(26)24-22-25(14-16-9-10-16)15(3)20(29-22)23(4,5)6/h11-13,16H,7-10,14H2,1-6H3. The summed E-state index contributed by atoms with van der Waals surface area (Å²) < 4.78 is 13.5. The molecule has 0 atom stereocenters. The van der Waals surface area contributed by atoms with E-state index in [1.165, 1.54) is 23.4 Å². The second-order valence-corrected chi connectivity index (χ2v) is 9.52. The Morgan fingerprint density at radius 1 is 1.21 bits per heavy atom. The predicted molar refractivity (Wildman–Crippen MR) is 117 cm³/mol. The van der Waals surface area contributed by atoms with Gasteiger partial charge in [0.25, 0.3) is 5.91 Å². The van der Waals surface area contributed by atoms with E-state index < -0.39 is 0 Å². The molecule has 1 fully saturated rings. The van der Waals surface area contributed by atoms with Gasteiger partial charge >= 0.3 is 0 Å². The zero-order valence-corrected chi connectivity index (χ0v) is 19.2. The average molecular weight is 417 g/mol. The molecule has 158 valence electrons. The molecule has 1 aromatic heterocycles. The molecule has 5 nitrogen and oxygen atoms in total. The van der Waals surface area contributed by atoms with E-state index in [2.05, 4.69) is 37.3 Å². The van der Waals surface area contributed by atoms with Crippen LogP contribution in [-0.4, -0.2) is 23.7 Å². The van der Waals surface area contributed by atoms with Crippen LogP contribution in [0.15, 0.2) is 23.2 Å². The summed E-state index contributed by atoms with van der Waals surface area (Å²) >= 11 is 1.63. The van der Waals surface area contributed by atoms with Crippen molar-refractivity contribution in [1.82, 2.24) is 4.57 Å². The van der Waals surface area contributed by atoms with Crippen LogP contribution in [0.4, 0.5) is 0 Å². The van der Waals surface area contributed by atoms with Crippen LogP contribution >= 0.6 is 11.3 Å². The molecule has 1 aromatic carbocycles. The molecule has 0 radical (unpaired) electrons. The van der Waals surface area contributed by atoms with Crippen molar-refractivity contribution in [1.29, 1.82) is 0 Å². The molecule has 29 heavy (non-hydrogen) atoms. The lowest BCUT2D eigenvalue weighted by molar-refractivity contribution is 0.0994. The number of hydrogen-bond acceptors (Lipinski definition) is 4. The molecule has 3 rings (SSSR count). The van der Waals surface area contributed by atoms with Crippen LogP contribution in [0.3, 0.4) is 0 Å². The topological polar surface area (TPSA) is 52.8 Å². The second kappa shape index (κ2) is 8.74. The summed E-state index contributed by atoms with van der Waals surface area (Å²) in [6.07, 6.45) is 2.52. The van der Waals surface area contributed by atoms with Gasteiger partial charge in [0.15, 0.2) is 4.80 Å². The number of ether oxygens (including phenoxy) is 2. The first-order valence-electron chi connectivity index (χ1n) is 10.4. The highest BCUT2D eigenvalue weighted by Crippen LogP contribution is 2.34. The number of carbonyl (C=O) groups is 1. The molecule has 0 unspecified atom stereocenters. The molecule has 0 bridgehead atoms. The molecule has 6 heteroatoms. The summed E-state index contributed by atoms with van der Waals surface area (Å²) in [7, 11) is 0. The molecule has 0 N–H and O–H groups in total. The van der Waals surface area contributed by atoms with Gasteiger partial charge in [-0.1, -0.05) is 20.8 Å². The van der Waals surface area contributed by atoms with Crippen LogP contribution in [0.5, 0.6) is 11.5 Å². The van der Waals surface area contributed by atoms with Crippen molar-refractivity contribution >= 4 is 17.2 Å². The Hall–Kier alpha value is -2.08. The molecular weight excluding hydrogens is 384 g/mol. The summed E-state index contributed by atoms with van der Waals surface area (Å²) in [5.74, 6) is 1.64. The van der Waals surface area contributed by atoms with E-state index in [4.69, 9.17) is 9.47 Å². The van der Waals surface area contributed by atoms with Gasteiger partial charge in [-0.15, -0.1) is 11.3 Å².